The summed E-state index contributed by atoms with van der Waals surface area (Å²) in [7, 11) is 0. The van der Waals surface area contributed by atoms with E-state index in [4.69, 9.17) is 9.47 Å². The Morgan fingerprint density at radius 1 is 1.16 bits per heavy atom. The van der Waals surface area contributed by atoms with Gasteiger partial charge < -0.3 is 34.0 Å². The molecule has 1 aliphatic rings. The normalized spacial score (nSPS) is 14.6. The molecule has 1 aromatic carbocycles. The highest BCUT2D eigenvalue weighted by Crippen LogP contribution is 2.27. The molecule has 1 fully saturated rings. The number of aliphatic hydroxyl groups excluding tert-OH is 1. The van der Waals surface area contributed by atoms with Gasteiger partial charge in [0.05, 0.1) is 29.5 Å². The lowest BCUT2D eigenvalue weighted by molar-refractivity contribution is 0.0526. The number of benzene rings is 1. The Kier molecular flexibility index (Phi) is 7.27. The fraction of sp³-hybridized carbons (Fsp3) is 0.370. The van der Waals surface area contributed by atoms with E-state index < -0.39 is 12.1 Å². The van der Waals surface area contributed by atoms with Crippen LogP contribution < -0.4 is 15.3 Å². The maximum atomic E-state index is 12.0. The van der Waals surface area contributed by atoms with Crippen molar-refractivity contribution >= 4 is 22.7 Å². The zero-order valence-electron chi connectivity index (χ0n) is 20.8. The average Bonchev–Trinajstić information content (AvgIpc) is 3.51. The first-order chi connectivity index (χ1) is 18.0. The number of pyridine rings is 1. The SMILES string of the molecule is CCOC(=O)c1ccc(-n2cc(N3CCCCC3)cc2CC(O)COc2cccc3[nH]c(=O)[nH]c23)nc1. The van der Waals surface area contributed by atoms with Crippen molar-refractivity contribution in [2.45, 2.75) is 38.7 Å². The zero-order valence-corrected chi connectivity index (χ0v) is 20.8. The minimum atomic E-state index is -0.803. The number of hydrogen-bond acceptors (Lipinski definition) is 7. The summed E-state index contributed by atoms with van der Waals surface area (Å²) < 4.78 is 12.9. The first-order valence-corrected chi connectivity index (χ1v) is 12.6. The number of hydrogen-bond donors (Lipinski definition) is 3. The molecule has 0 bridgehead atoms. The number of imidazole rings is 1. The summed E-state index contributed by atoms with van der Waals surface area (Å²) in [5.74, 6) is 0.735. The van der Waals surface area contributed by atoms with Gasteiger partial charge >= 0.3 is 11.7 Å². The smallest absolute Gasteiger partial charge is 0.339 e. The lowest BCUT2D eigenvalue weighted by Gasteiger charge is -2.27. The number of anilines is 1. The van der Waals surface area contributed by atoms with Crippen LogP contribution >= 0.6 is 0 Å². The number of para-hydroxylation sites is 1. The number of carbonyl (C=O) groups excluding carboxylic acids is 1. The molecule has 10 nitrogen and oxygen atoms in total. The van der Waals surface area contributed by atoms with Crippen molar-refractivity contribution in [3.8, 4) is 11.6 Å². The number of piperidine rings is 1. The van der Waals surface area contributed by atoms with E-state index in [0.29, 0.717) is 41.2 Å². The van der Waals surface area contributed by atoms with E-state index in [1.54, 1.807) is 37.3 Å². The van der Waals surface area contributed by atoms with E-state index >= 15 is 0 Å². The Morgan fingerprint density at radius 2 is 2.00 bits per heavy atom. The second-order valence-electron chi connectivity index (χ2n) is 9.16. The van der Waals surface area contributed by atoms with E-state index in [9.17, 15) is 14.7 Å². The quantitative estimate of drug-likeness (QED) is 0.298. The van der Waals surface area contributed by atoms with Gasteiger partial charge in [0.1, 0.15) is 23.7 Å². The summed E-state index contributed by atoms with van der Waals surface area (Å²) in [5.41, 5.74) is 3.25. The average molecular weight is 506 g/mol. The van der Waals surface area contributed by atoms with Crippen molar-refractivity contribution < 1.29 is 19.4 Å². The van der Waals surface area contributed by atoms with Crippen molar-refractivity contribution in [3.05, 3.63) is 70.5 Å². The Morgan fingerprint density at radius 3 is 2.76 bits per heavy atom. The molecular formula is C27H31N5O5. The molecule has 37 heavy (non-hydrogen) atoms. The van der Waals surface area contributed by atoms with Crippen molar-refractivity contribution in [2.75, 3.05) is 31.2 Å². The number of nitrogens with one attached hydrogen (secondary N) is 2. The van der Waals surface area contributed by atoms with Gasteiger partial charge in [0, 0.05) is 37.6 Å². The van der Waals surface area contributed by atoms with E-state index in [1.807, 2.05) is 10.8 Å². The predicted octanol–water partition coefficient (Wildman–Crippen LogP) is 3.19. The molecule has 0 spiro atoms. The van der Waals surface area contributed by atoms with Gasteiger partial charge in [0.15, 0.2) is 0 Å². The Balaban J connectivity index is 1.36. The number of ether oxygens (including phenoxy) is 2. The van der Waals surface area contributed by atoms with Gasteiger partial charge in [-0.05, 0) is 56.5 Å². The third-order valence-corrected chi connectivity index (χ3v) is 6.50. The van der Waals surface area contributed by atoms with Crippen LogP contribution in [0.15, 0.2) is 53.6 Å². The van der Waals surface area contributed by atoms with Crippen molar-refractivity contribution in [2.24, 2.45) is 0 Å². The number of aliphatic hydroxyl groups is 1. The molecule has 4 aromatic rings. The monoisotopic (exact) mass is 505 g/mol. The molecular weight excluding hydrogens is 474 g/mol. The lowest BCUT2D eigenvalue weighted by atomic mass is 10.1. The molecule has 0 saturated carbocycles. The zero-order chi connectivity index (χ0) is 25.8. The number of aromatic amines is 2. The molecule has 1 atom stereocenters. The largest absolute Gasteiger partial charge is 0.489 e. The summed E-state index contributed by atoms with van der Waals surface area (Å²) in [4.78, 5) is 36.0. The third kappa shape index (κ3) is 5.54. The molecule has 1 saturated heterocycles. The molecule has 0 radical (unpaired) electrons. The molecule has 10 heteroatoms. The van der Waals surface area contributed by atoms with Crippen LogP contribution in [0.2, 0.25) is 0 Å². The van der Waals surface area contributed by atoms with E-state index in [1.165, 1.54) is 12.6 Å². The molecule has 0 aliphatic carbocycles. The summed E-state index contributed by atoms with van der Waals surface area (Å²) in [6, 6.07) is 10.9. The van der Waals surface area contributed by atoms with Crippen molar-refractivity contribution in [1.82, 2.24) is 19.5 Å². The molecule has 4 heterocycles. The van der Waals surface area contributed by atoms with Crippen LogP contribution in [-0.2, 0) is 11.2 Å². The molecule has 3 aromatic heterocycles. The summed E-state index contributed by atoms with van der Waals surface area (Å²) >= 11 is 0. The van der Waals surface area contributed by atoms with E-state index in [-0.39, 0.29) is 12.3 Å². The van der Waals surface area contributed by atoms with Crippen LogP contribution in [0.4, 0.5) is 5.69 Å². The lowest BCUT2D eigenvalue weighted by Crippen LogP contribution is -2.28. The van der Waals surface area contributed by atoms with E-state index in [0.717, 1.165) is 37.3 Å². The van der Waals surface area contributed by atoms with Gasteiger partial charge in [-0.15, -0.1) is 0 Å². The predicted molar refractivity (Wildman–Crippen MR) is 140 cm³/mol. The Bertz CT molecular complexity index is 1420. The summed E-state index contributed by atoms with van der Waals surface area (Å²) in [6.45, 7) is 4.09. The first kappa shape index (κ1) is 24.6. The summed E-state index contributed by atoms with van der Waals surface area (Å²) in [5, 5.41) is 10.9. The van der Waals surface area contributed by atoms with Crippen LogP contribution in [0.3, 0.4) is 0 Å². The van der Waals surface area contributed by atoms with Gasteiger partial charge in [-0.2, -0.15) is 0 Å². The number of rotatable bonds is 9. The highest BCUT2D eigenvalue weighted by molar-refractivity contribution is 5.89. The molecule has 1 aliphatic heterocycles. The van der Waals surface area contributed by atoms with Crippen LogP contribution in [0.25, 0.3) is 16.9 Å². The number of H-pyrrole nitrogens is 2. The molecule has 3 N–H and O–H groups in total. The highest BCUT2D eigenvalue weighted by atomic mass is 16.5. The minimum Gasteiger partial charge on any atom is -0.489 e. The van der Waals surface area contributed by atoms with Gasteiger partial charge in [0.2, 0.25) is 0 Å². The highest BCUT2D eigenvalue weighted by Gasteiger charge is 2.19. The fourth-order valence-corrected chi connectivity index (χ4v) is 4.69. The van der Waals surface area contributed by atoms with Gasteiger partial charge in [-0.1, -0.05) is 6.07 Å². The summed E-state index contributed by atoms with van der Waals surface area (Å²) in [6.07, 6.45) is 6.60. The van der Waals surface area contributed by atoms with Crippen molar-refractivity contribution in [1.29, 1.82) is 0 Å². The fourth-order valence-electron chi connectivity index (χ4n) is 4.69. The third-order valence-electron chi connectivity index (χ3n) is 6.50. The molecule has 5 rings (SSSR count). The van der Waals surface area contributed by atoms with Gasteiger partial charge in [0.25, 0.3) is 0 Å². The topological polar surface area (TPSA) is 125 Å². The molecule has 1 unspecified atom stereocenters. The number of fused-ring (bicyclic) bond motifs is 1. The Labute approximate surface area is 213 Å². The van der Waals surface area contributed by atoms with Crippen LogP contribution in [0.1, 0.15) is 42.2 Å². The second-order valence-corrected chi connectivity index (χ2v) is 9.16. The molecule has 194 valence electrons. The minimum absolute atomic E-state index is 0.0474. The number of aromatic nitrogens is 4. The second kappa shape index (κ2) is 10.9. The maximum Gasteiger partial charge on any atom is 0.339 e. The Hall–Kier alpha value is -4.05. The van der Waals surface area contributed by atoms with Crippen LogP contribution in [-0.4, -0.2) is 63.0 Å². The number of nitrogens with zero attached hydrogens (tertiary/aromatic N) is 3. The van der Waals surface area contributed by atoms with Gasteiger partial charge in [-0.25, -0.2) is 14.6 Å². The van der Waals surface area contributed by atoms with Crippen molar-refractivity contribution in [3.63, 3.8) is 0 Å². The number of carbonyl (C=O) groups is 1. The van der Waals surface area contributed by atoms with Crippen LogP contribution in [0, 0.1) is 0 Å². The number of esters is 1. The standard InChI is InChI=1S/C27H31N5O5/c1-2-36-26(34)18-9-10-24(28-15-18)32-16-20(31-11-4-3-5-12-31)13-19(32)14-21(33)17-37-23-8-6-7-22-25(23)30-27(35)29-22/h6-10,13,15-16,21,33H,2-5,11-12,14,17H2,1H3,(H2,29,30,35). The maximum absolute atomic E-state index is 12.0. The first-order valence-electron chi connectivity index (χ1n) is 12.6. The van der Waals surface area contributed by atoms with E-state index in [2.05, 4.69) is 25.9 Å². The van der Waals surface area contributed by atoms with Gasteiger partial charge in [-0.3, -0.25) is 0 Å². The molecule has 0 amide bonds. The van der Waals surface area contributed by atoms with Crippen LogP contribution in [0.5, 0.6) is 5.75 Å².